The van der Waals surface area contributed by atoms with Crippen LogP contribution in [0.15, 0.2) is 0 Å². The normalized spacial score (nSPS) is 36.9. The molecule has 0 bridgehead atoms. The highest BCUT2D eigenvalue weighted by Crippen LogP contribution is 2.58. The van der Waals surface area contributed by atoms with Crippen LogP contribution < -0.4 is 5.32 Å². The van der Waals surface area contributed by atoms with Gasteiger partial charge in [-0.05, 0) is 44.1 Å². The molecule has 0 aliphatic heterocycles. The van der Waals surface area contributed by atoms with Crippen LogP contribution in [0.4, 0.5) is 0 Å². The summed E-state index contributed by atoms with van der Waals surface area (Å²) in [5.74, 6) is 3.02. The Morgan fingerprint density at radius 1 is 1.29 bits per heavy atom. The van der Waals surface area contributed by atoms with Gasteiger partial charge in [0.05, 0.1) is 6.61 Å². The second-order valence-electron chi connectivity index (χ2n) is 4.66. The van der Waals surface area contributed by atoms with E-state index in [9.17, 15) is 0 Å². The molecule has 2 nitrogen and oxygen atoms in total. The van der Waals surface area contributed by atoms with Crippen LogP contribution >= 0.6 is 0 Å². The predicted octanol–water partition coefficient (Wildman–Crippen LogP) is 2.05. The molecule has 0 spiro atoms. The Labute approximate surface area is 87.4 Å². The molecule has 0 aromatic carbocycles. The number of ether oxygens (including phenoxy) is 1. The van der Waals surface area contributed by atoms with Crippen molar-refractivity contribution >= 4 is 0 Å². The minimum Gasteiger partial charge on any atom is -0.380 e. The van der Waals surface area contributed by atoms with Gasteiger partial charge in [-0.2, -0.15) is 0 Å². The van der Waals surface area contributed by atoms with Gasteiger partial charge in [-0.3, -0.25) is 0 Å². The first-order valence-corrected chi connectivity index (χ1v) is 6.19. The molecule has 0 radical (unpaired) electrons. The molecule has 2 fully saturated rings. The molecule has 3 atom stereocenters. The van der Waals surface area contributed by atoms with Gasteiger partial charge >= 0.3 is 0 Å². The van der Waals surface area contributed by atoms with E-state index < -0.39 is 0 Å². The zero-order valence-corrected chi connectivity index (χ0v) is 9.46. The molecule has 0 aromatic heterocycles. The van der Waals surface area contributed by atoms with Gasteiger partial charge in [0.2, 0.25) is 0 Å². The molecule has 2 aliphatic carbocycles. The lowest BCUT2D eigenvalue weighted by Gasteiger charge is -2.19. The summed E-state index contributed by atoms with van der Waals surface area (Å²) in [6.45, 7) is 7.12. The number of nitrogens with one attached hydrogen (secondary N) is 1. The minimum absolute atomic E-state index is 0.634. The van der Waals surface area contributed by atoms with Crippen molar-refractivity contribution in [3.05, 3.63) is 0 Å². The highest BCUT2D eigenvalue weighted by Gasteiger charge is 2.55. The SMILES string of the molecule is CCNC(COCC)C1C2CCCC21. The summed E-state index contributed by atoms with van der Waals surface area (Å²) in [7, 11) is 0. The van der Waals surface area contributed by atoms with Crippen molar-refractivity contribution in [2.45, 2.75) is 39.2 Å². The van der Waals surface area contributed by atoms with E-state index in [-0.39, 0.29) is 0 Å². The van der Waals surface area contributed by atoms with E-state index in [0.29, 0.717) is 6.04 Å². The highest BCUT2D eigenvalue weighted by molar-refractivity contribution is 5.06. The number of rotatable bonds is 6. The first-order valence-electron chi connectivity index (χ1n) is 6.19. The summed E-state index contributed by atoms with van der Waals surface area (Å²) in [5, 5.41) is 3.58. The number of hydrogen-bond acceptors (Lipinski definition) is 2. The van der Waals surface area contributed by atoms with Gasteiger partial charge in [-0.15, -0.1) is 0 Å². The lowest BCUT2D eigenvalue weighted by molar-refractivity contribution is 0.112. The summed E-state index contributed by atoms with van der Waals surface area (Å²) in [4.78, 5) is 0. The lowest BCUT2D eigenvalue weighted by atomic mass is 10.0. The molecule has 0 saturated heterocycles. The highest BCUT2D eigenvalue weighted by atomic mass is 16.5. The van der Waals surface area contributed by atoms with Crippen molar-refractivity contribution < 1.29 is 4.74 Å². The molecule has 0 heterocycles. The average Bonchev–Trinajstić information content (AvgIpc) is 2.68. The van der Waals surface area contributed by atoms with Crippen LogP contribution in [0.3, 0.4) is 0 Å². The zero-order valence-electron chi connectivity index (χ0n) is 9.46. The maximum atomic E-state index is 5.55. The van der Waals surface area contributed by atoms with Gasteiger partial charge in [0, 0.05) is 12.6 Å². The van der Waals surface area contributed by atoms with E-state index >= 15 is 0 Å². The zero-order chi connectivity index (χ0) is 9.97. The third kappa shape index (κ3) is 1.96. The predicted molar refractivity (Wildman–Crippen MR) is 58.3 cm³/mol. The maximum absolute atomic E-state index is 5.55. The molecule has 0 amide bonds. The first kappa shape index (κ1) is 10.4. The van der Waals surface area contributed by atoms with Crippen molar-refractivity contribution in [3.8, 4) is 0 Å². The summed E-state index contributed by atoms with van der Waals surface area (Å²) in [5.41, 5.74) is 0. The van der Waals surface area contributed by atoms with Crippen molar-refractivity contribution in [2.75, 3.05) is 19.8 Å². The smallest absolute Gasteiger partial charge is 0.0622 e. The Morgan fingerprint density at radius 2 is 2.00 bits per heavy atom. The van der Waals surface area contributed by atoms with Gasteiger partial charge in [-0.25, -0.2) is 0 Å². The molecule has 2 aliphatic rings. The fourth-order valence-corrected chi connectivity index (χ4v) is 3.29. The van der Waals surface area contributed by atoms with Crippen LogP contribution in [-0.2, 0) is 4.74 Å². The van der Waals surface area contributed by atoms with Gasteiger partial charge in [0.1, 0.15) is 0 Å². The Bertz CT molecular complexity index is 173. The van der Waals surface area contributed by atoms with Crippen LogP contribution in [0.25, 0.3) is 0 Å². The van der Waals surface area contributed by atoms with E-state index in [1.54, 1.807) is 0 Å². The molecule has 1 N–H and O–H groups in total. The van der Waals surface area contributed by atoms with Gasteiger partial charge in [0.15, 0.2) is 0 Å². The third-order valence-electron chi connectivity index (χ3n) is 3.91. The Hall–Kier alpha value is -0.0800. The van der Waals surface area contributed by atoms with Crippen LogP contribution in [0.1, 0.15) is 33.1 Å². The fourth-order valence-electron chi connectivity index (χ4n) is 3.29. The Balaban J connectivity index is 1.79. The molecule has 0 aromatic rings. The molecule has 14 heavy (non-hydrogen) atoms. The topological polar surface area (TPSA) is 21.3 Å². The molecule has 2 heteroatoms. The summed E-state index contributed by atoms with van der Waals surface area (Å²) in [6.07, 6.45) is 4.42. The molecular formula is C12H23NO. The second-order valence-corrected chi connectivity index (χ2v) is 4.66. The van der Waals surface area contributed by atoms with Gasteiger partial charge < -0.3 is 10.1 Å². The van der Waals surface area contributed by atoms with Crippen LogP contribution in [0.5, 0.6) is 0 Å². The van der Waals surface area contributed by atoms with E-state index in [2.05, 4.69) is 19.2 Å². The molecule has 2 saturated carbocycles. The lowest BCUT2D eigenvalue weighted by Crippen LogP contribution is -2.36. The third-order valence-corrected chi connectivity index (χ3v) is 3.91. The number of likely N-dealkylation sites (N-methyl/N-ethyl adjacent to an activating group) is 1. The summed E-state index contributed by atoms with van der Waals surface area (Å²) >= 11 is 0. The van der Waals surface area contributed by atoms with Gasteiger partial charge in [-0.1, -0.05) is 13.3 Å². The minimum atomic E-state index is 0.634. The standard InChI is InChI=1S/C12H23NO/c1-3-13-11(8-14-4-2)12-9-6-5-7-10(9)12/h9-13H,3-8H2,1-2H3. The summed E-state index contributed by atoms with van der Waals surface area (Å²) < 4.78 is 5.55. The van der Waals surface area contributed by atoms with E-state index in [0.717, 1.165) is 37.5 Å². The molecule has 2 rings (SSSR count). The average molecular weight is 197 g/mol. The Kier molecular flexibility index (Phi) is 3.45. The fraction of sp³-hybridized carbons (Fsp3) is 1.00. The second kappa shape index (κ2) is 4.63. The first-order chi connectivity index (χ1) is 6.88. The van der Waals surface area contributed by atoms with Crippen LogP contribution in [0.2, 0.25) is 0 Å². The van der Waals surface area contributed by atoms with Crippen molar-refractivity contribution in [2.24, 2.45) is 17.8 Å². The van der Waals surface area contributed by atoms with Crippen molar-refractivity contribution in [3.63, 3.8) is 0 Å². The van der Waals surface area contributed by atoms with Crippen molar-refractivity contribution in [1.29, 1.82) is 0 Å². The van der Waals surface area contributed by atoms with Crippen LogP contribution in [-0.4, -0.2) is 25.8 Å². The van der Waals surface area contributed by atoms with E-state index in [1.165, 1.54) is 19.3 Å². The quantitative estimate of drug-likeness (QED) is 0.703. The largest absolute Gasteiger partial charge is 0.380 e. The monoisotopic (exact) mass is 197 g/mol. The van der Waals surface area contributed by atoms with E-state index in [1.807, 2.05) is 0 Å². The van der Waals surface area contributed by atoms with E-state index in [4.69, 9.17) is 4.74 Å². The molecule has 3 unspecified atom stereocenters. The molecular weight excluding hydrogens is 174 g/mol. The number of fused-ring (bicyclic) bond motifs is 1. The summed E-state index contributed by atoms with van der Waals surface area (Å²) in [6, 6.07) is 0.634. The molecule has 82 valence electrons. The number of hydrogen-bond donors (Lipinski definition) is 1. The van der Waals surface area contributed by atoms with Crippen molar-refractivity contribution in [1.82, 2.24) is 5.32 Å². The van der Waals surface area contributed by atoms with Gasteiger partial charge in [0.25, 0.3) is 0 Å². The Morgan fingerprint density at radius 3 is 2.57 bits per heavy atom. The maximum Gasteiger partial charge on any atom is 0.0622 e. The van der Waals surface area contributed by atoms with Crippen LogP contribution in [0, 0.1) is 17.8 Å².